The number of hydrogen-bond acceptors (Lipinski definition) is 3. The van der Waals surface area contributed by atoms with Gasteiger partial charge in [0, 0.05) is 18.2 Å². The molecule has 1 saturated carbocycles. The van der Waals surface area contributed by atoms with E-state index in [9.17, 15) is 9.59 Å². The van der Waals surface area contributed by atoms with Crippen LogP contribution in [0.3, 0.4) is 0 Å². The molecule has 1 aliphatic carbocycles. The maximum atomic E-state index is 12.7. The molecule has 4 nitrogen and oxygen atoms in total. The molecule has 2 aliphatic rings. The molecule has 130 valence electrons. The molecule has 24 heavy (non-hydrogen) atoms. The fraction of sp³-hybridized carbons (Fsp3) is 0.579. The van der Waals surface area contributed by atoms with E-state index in [0.717, 1.165) is 37.9 Å². The van der Waals surface area contributed by atoms with Crippen molar-refractivity contribution in [3.63, 3.8) is 0 Å². The molecule has 1 heterocycles. The summed E-state index contributed by atoms with van der Waals surface area (Å²) in [5.74, 6) is 1.71. The number of nitrogens with zero attached hydrogens (tertiary/aromatic N) is 1. The van der Waals surface area contributed by atoms with E-state index >= 15 is 0 Å². The fourth-order valence-electron chi connectivity index (χ4n) is 3.55. The van der Waals surface area contributed by atoms with E-state index in [-0.39, 0.29) is 23.8 Å². The van der Waals surface area contributed by atoms with Crippen LogP contribution in [0.15, 0.2) is 30.3 Å². The second kappa shape index (κ2) is 8.56. The van der Waals surface area contributed by atoms with Crippen molar-refractivity contribution >= 4 is 23.6 Å². The summed E-state index contributed by atoms with van der Waals surface area (Å²) in [5.41, 5.74) is 1.22. The molecular formula is C19H26N2O2S. The number of carbonyl (C=O) groups is 2. The highest BCUT2D eigenvalue weighted by Gasteiger charge is 2.37. The summed E-state index contributed by atoms with van der Waals surface area (Å²) in [5, 5.41) is 3.01. The molecule has 2 amide bonds. The van der Waals surface area contributed by atoms with Gasteiger partial charge in [-0.25, -0.2) is 0 Å². The van der Waals surface area contributed by atoms with E-state index < -0.39 is 0 Å². The average molecular weight is 346 g/mol. The van der Waals surface area contributed by atoms with Gasteiger partial charge in [-0.05, 0) is 24.8 Å². The zero-order chi connectivity index (χ0) is 16.8. The van der Waals surface area contributed by atoms with E-state index in [1.165, 1.54) is 12.0 Å². The molecule has 0 aromatic heterocycles. The lowest BCUT2D eigenvalue weighted by Crippen LogP contribution is -2.49. The second-order valence-corrected chi connectivity index (χ2v) is 7.69. The van der Waals surface area contributed by atoms with Crippen LogP contribution < -0.4 is 5.32 Å². The van der Waals surface area contributed by atoms with E-state index in [4.69, 9.17) is 0 Å². The highest BCUT2D eigenvalue weighted by Crippen LogP contribution is 2.29. The molecule has 5 heteroatoms. The van der Waals surface area contributed by atoms with Crippen LogP contribution >= 0.6 is 11.8 Å². The van der Waals surface area contributed by atoms with Crippen molar-refractivity contribution < 1.29 is 9.59 Å². The molecule has 1 aromatic rings. The van der Waals surface area contributed by atoms with Crippen molar-refractivity contribution in [1.82, 2.24) is 10.2 Å². The van der Waals surface area contributed by atoms with Gasteiger partial charge in [0.15, 0.2) is 0 Å². The highest BCUT2D eigenvalue weighted by molar-refractivity contribution is 7.99. The second-order valence-electron chi connectivity index (χ2n) is 6.69. The lowest BCUT2D eigenvalue weighted by molar-refractivity contribution is -0.141. The van der Waals surface area contributed by atoms with Crippen molar-refractivity contribution in [2.75, 3.05) is 18.2 Å². The Morgan fingerprint density at radius 3 is 2.62 bits per heavy atom. The summed E-state index contributed by atoms with van der Waals surface area (Å²) in [6.07, 6.45) is 6.33. The van der Waals surface area contributed by atoms with Gasteiger partial charge in [0.05, 0.1) is 5.88 Å². The van der Waals surface area contributed by atoms with Crippen molar-refractivity contribution in [1.29, 1.82) is 0 Å². The molecule has 1 aromatic carbocycles. The Bertz CT molecular complexity index is 558. The number of thioether (sulfide) groups is 1. The standard InChI is InChI=1S/C19H26N2O2S/c22-18(20-12-11-15-7-3-1-4-8-15)17-13-24-14-21(17)19(23)16-9-5-2-6-10-16/h1,3-4,7-8,16-17H,2,5-6,9-14H2,(H,20,22). The number of nitrogens with one attached hydrogen (secondary N) is 1. The van der Waals surface area contributed by atoms with Crippen LogP contribution in [0.25, 0.3) is 0 Å². The minimum Gasteiger partial charge on any atom is -0.354 e. The van der Waals surface area contributed by atoms with E-state index in [2.05, 4.69) is 17.4 Å². The summed E-state index contributed by atoms with van der Waals surface area (Å²) >= 11 is 1.69. The number of amides is 2. The maximum Gasteiger partial charge on any atom is 0.243 e. The van der Waals surface area contributed by atoms with Crippen molar-refractivity contribution in [3.8, 4) is 0 Å². The zero-order valence-corrected chi connectivity index (χ0v) is 14.9. The first-order valence-electron chi connectivity index (χ1n) is 8.95. The fourth-order valence-corrected chi connectivity index (χ4v) is 4.72. The van der Waals surface area contributed by atoms with Crippen LogP contribution in [0, 0.1) is 5.92 Å². The molecule has 1 N–H and O–H groups in total. The smallest absolute Gasteiger partial charge is 0.243 e. The quantitative estimate of drug-likeness (QED) is 0.892. The van der Waals surface area contributed by atoms with Crippen molar-refractivity contribution in [2.45, 2.75) is 44.6 Å². The minimum atomic E-state index is -0.291. The Kier molecular flexibility index (Phi) is 6.18. The van der Waals surface area contributed by atoms with Gasteiger partial charge < -0.3 is 10.2 Å². The van der Waals surface area contributed by atoms with E-state index in [1.807, 2.05) is 23.1 Å². The van der Waals surface area contributed by atoms with Gasteiger partial charge in [-0.2, -0.15) is 0 Å². The van der Waals surface area contributed by atoms with E-state index in [1.54, 1.807) is 11.8 Å². The molecule has 0 spiro atoms. The Hall–Kier alpha value is -1.49. The van der Waals surface area contributed by atoms with Gasteiger partial charge in [0.2, 0.25) is 11.8 Å². The third-order valence-corrected chi connectivity index (χ3v) is 5.99. The maximum absolute atomic E-state index is 12.7. The SMILES string of the molecule is O=C(NCCc1ccccc1)C1CSCN1C(=O)C1CCCCC1. The van der Waals surface area contributed by atoms with Crippen LogP contribution in [-0.2, 0) is 16.0 Å². The molecule has 1 atom stereocenters. The van der Waals surface area contributed by atoms with Gasteiger partial charge >= 0.3 is 0 Å². The third kappa shape index (κ3) is 4.32. The predicted molar refractivity (Wildman–Crippen MR) is 97.7 cm³/mol. The van der Waals surface area contributed by atoms with Crippen LogP contribution in [0.5, 0.6) is 0 Å². The van der Waals surface area contributed by atoms with Gasteiger partial charge in [-0.3, -0.25) is 9.59 Å². The Labute approximate surface area is 148 Å². The molecule has 3 rings (SSSR count). The summed E-state index contributed by atoms with van der Waals surface area (Å²) in [6, 6.07) is 9.85. The first kappa shape index (κ1) is 17.3. The first-order chi connectivity index (χ1) is 11.8. The lowest BCUT2D eigenvalue weighted by Gasteiger charge is -2.29. The number of benzene rings is 1. The first-order valence-corrected chi connectivity index (χ1v) is 10.1. The van der Waals surface area contributed by atoms with E-state index in [0.29, 0.717) is 12.4 Å². The topological polar surface area (TPSA) is 49.4 Å². The van der Waals surface area contributed by atoms with Gasteiger partial charge in [-0.1, -0.05) is 49.6 Å². The molecule has 1 saturated heterocycles. The van der Waals surface area contributed by atoms with Crippen LogP contribution in [0.1, 0.15) is 37.7 Å². The van der Waals surface area contributed by atoms with Gasteiger partial charge in [0.1, 0.15) is 6.04 Å². The van der Waals surface area contributed by atoms with Crippen LogP contribution in [-0.4, -0.2) is 40.9 Å². The number of carbonyl (C=O) groups excluding carboxylic acids is 2. The van der Waals surface area contributed by atoms with Crippen LogP contribution in [0.4, 0.5) is 0 Å². The Balaban J connectivity index is 1.50. The Morgan fingerprint density at radius 2 is 1.88 bits per heavy atom. The lowest BCUT2D eigenvalue weighted by atomic mass is 9.88. The molecule has 1 unspecified atom stereocenters. The Morgan fingerprint density at radius 1 is 1.12 bits per heavy atom. The van der Waals surface area contributed by atoms with Crippen LogP contribution in [0.2, 0.25) is 0 Å². The molecule has 1 aliphatic heterocycles. The minimum absolute atomic E-state index is 0.0000839. The number of rotatable bonds is 5. The molecule has 2 fully saturated rings. The average Bonchev–Trinajstić information content (AvgIpc) is 3.12. The van der Waals surface area contributed by atoms with Crippen molar-refractivity contribution in [2.24, 2.45) is 5.92 Å². The summed E-state index contributed by atoms with van der Waals surface area (Å²) < 4.78 is 0. The van der Waals surface area contributed by atoms with Gasteiger partial charge in [-0.15, -0.1) is 11.8 Å². The molecule has 0 bridgehead atoms. The third-order valence-electron chi connectivity index (χ3n) is 4.98. The zero-order valence-electron chi connectivity index (χ0n) is 14.1. The monoisotopic (exact) mass is 346 g/mol. The summed E-state index contributed by atoms with van der Waals surface area (Å²) in [7, 11) is 0. The largest absolute Gasteiger partial charge is 0.354 e. The number of hydrogen-bond donors (Lipinski definition) is 1. The summed E-state index contributed by atoms with van der Waals surface area (Å²) in [4.78, 5) is 27.1. The van der Waals surface area contributed by atoms with Crippen molar-refractivity contribution in [3.05, 3.63) is 35.9 Å². The molecular weight excluding hydrogens is 320 g/mol. The highest BCUT2D eigenvalue weighted by atomic mass is 32.2. The van der Waals surface area contributed by atoms with Gasteiger partial charge in [0.25, 0.3) is 0 Å². The summed E-state index contributed by atoms with van der Waals surface area (Å²) in [6.45, 7) is 0.621. The molecule has 0 radical (unpaired) electrons. The normalized spacial score (nSPS) is 21.7. The predicted octanol–water partition coefficient (Wildman–Crippen LogP) is 2.83.